The maximum absolute atomic E-state index is 6.00. The molecule has 0 aliphatic rings. The van der Waals surface area contributed by atoms with E-state index in [2.05, 4.69) is 15.2 Å². The fraction of sp³-hybridized carbons (Fsp3) is 0. The third-order valence-electron chi connectivity index (χ3n) is 1.62. The molecule has 76 valence electrons. The van der Waals surface area contributed by atoms with Gasteiger partial charge in [0, 0.05) is 10.6 Å². The van der Waals surface area contributed by atoms with E-state index in [9.17, 15) is 0 Å². The lowest BCUT2D eigenvalue weighted by molar-refractivity contribution is 1.08. The third-order valence-corrected chi connectivity index (χ3v) is 2.76. The first-order chi connectivity index (χ1) is 7.25. The first-order valence-electron chi connectivity index (χ1n) is 4.02. The van der Waals surface area contributed by atoms with Crippen molar-refractivity contribution in [3.63, 3.8) is 0 Å². The largest absolute Gasteiger partial charge is 0.232 e. The standard InChI is InChI=1S/C9H5Cl2N3S/c10-7-3-1-6(2-4-7)8(11)13-9-14-12-5-15-9/h1-5H/b13-8-. The molecule has 3 nitrogen and oxygen atoms in total. The summed E-state index contributed by atoms with van der Waals surface area (Å²) in [6.45, 7) is 0. The second-order valence-electron chi connectivity index (χ2n) is 2.63. The number of nitrogens with zero attached hydrogens (tertiary/aromatic N) is 3. The van der Waals surface area contributed by atoms with Crippen LogP contribution >= 0.6 is 34.5 Å². The van der Waals surface area contributed by atoms with Crippen LogP contribution in [0, 0.1) is 0 Å². The fourth-order valence-corrected chi connectivity index (χ4v) is 1.76. The van der Waals surface area contributed by atoms with E-state index in [0.717, 1.165) is 5.56 Å². The van der Waals surface area contributed by atoms with Crippen LogP contribution < -0.4 is 0 Å². The average Bonchev–Trinajstić information content (AvgIpc) is 2.71. The summed E-state index contributed by atoms with van der Waals surface area (Å²) in [5.41, 5.74) is 2.40. The Labute approximate surface area is 100 Å². The lowest BCUT2D eigenvalue weighted by Crippen LogP contribution is -1.89. The lowest BCUT2D eigenvalue weighted by atomic mass is 10.2. The zero-order chi connectivity index (χ0) is 10.7. The van der Waals surface area contributed by atoms with Gasteiger partial charge in [0.15, 0.2) is 0 Å². The number of rotatable bonds is 2. The van der Waals surface area contributed by atoms with E-state index in [1.165, 1.54) is 11.3 Å². The Kier molecular flexibility index (Phi) is 3.30. The molecule has 0 N–H and O–H groups in total. The number of aromatic nitrogens is 2. The second kappa shape index (κ2) is 4.70. The molecule has 0 unspecified atom stereocenters. The van der Waals surface area contributed by atoms with Gasteiger partial charge in [-0.3, -0.25) is 0 Å². The summed E-state index contributed by atoms with van der Waals surface area (Å²) in [4.78, 5) is 4.10. The van der Waals surface area contributed by atoms with E-state index >= 15 is 0 Å². The quantitative estimate of drug-likeness (QED) is 0.773. The lowest BCUT2D eigenvalue weighted by Gasteiger charge is -1.96. The van der Waals surface area contributed by atoms with Gasteiger partial charge in [0.1, 0.15) is 10.7 Å². The van der Waals surface area contributed by atoms with Crippen molar-refractivity contribution in [2.24, 2.45) is 4.99 Å². The Balaban J connectivity index is 2.28. The predicted octanol–water partition coefficient (Wildman–Crippen LogP) is 3.51. The molecule has 0 spiro atoms. The minimum Gasteiger partial charge on any atom is -0.205 e. The highest BCUT2D eigenvalue weighted by Crippen LogP contribution is 2.18. The number of halogens is 2. The summed E-state index contributed by atoms with van der Waals surface area (Å²) >= 11 is 13.1. The van der Waals surface area contributed by atoms with Crippen LogP contribution in [0.1, 0.15) is 5.56 Å². The average molecular weight is 258 g/mol. The zero-order valence-electron chi connectivity index (χ0n) is 7.39. The molecule has 1 heterocycles. The smallest absolute Gasteiger partial charge is 0.205 e. The number of hydrogen-bond donors (Lipinski definition) is 0. The summed E-state index contributed by atoms with van der Waals surface area (Å²) in [7, 11) is 0. The molecule has 2 rings (SSSR count). The van der Waals surface area contributed by atoms with Crippen LogP contribution in [0.3, 0.4) is 0 Å². The Morgan fingerprint density at radius 1 is 1.27 bits per heavy atom. The van der Waals surface area contributed by atoms with E-state index in [1.54, 1.807) is 29.8 Å². The maximum atomic E-state index is 6.00. The van der Waals surface area contributed by atoms with Crippen molar-refractivity contribution >= 4 is 44.8 Å². The van der Waals surface area contributed by atoms with Crippen LogP contribution in [0.4, 0.5) is 5.13 Å². The van der Waals surface area contributed by atoms with Crippen molar-refractivity contribution in [3.8, 4) is 0 Å². The molecule has 0 radical (unpaired) electrons. The SMILES string of the molecule is Cl/C(=N\c1nncs1)c1ccc(Cl)cc1. The first kappa shape index (κ1) is 10.5. The molecular formula is C9H5Cl2N3S. The molecule has 0 aliphatic heterocycles. The van der Waals surface area contributed by atoms with Gasteiger partial charge in [0.2, 0.25) is 5.13 Å². The third kappa shape index (κ3) is 2.75. The van der Waals surface area contributed by atoms with E-state index in [-0.39, 0.29) is 0 Å². The van der Waals surface area contributed by atoms with Gasteiger partial charge in [0.05, 0.1) is 0 Å². The second-order valence-corrected chi connectivity index (χ2v) is 4.24. The van der Waals surface area contributed by atoms with Crippen molar-refractivity contribution in [2.45, 2.75) is 0 Å². The van der Waals surface area contributed by atoms with Gasteiger partial charge in [-0.05, 0) is 12.1 Å². The van der Waals surface area contributed by atoms with Crippen LogP contribution in [0.5, 0.6) is 0 Å². The maximum Gasteiger partial charge on any atom is 0.232 e. The number of benzene rings is 1. The summed E-state index contributed by atoms with van der Waals surface area (Å²) in [5, 5.41) is 9.02. The molecule has 0 aliphatic carbocycles. The monoisotopic (exact) mass is 257 g/mol. The van der Waals surface area contributed by atoms with E-state index in [1.807, 2.05) is 0 Å². The van der Waals surface area contributed by atoms with Crippen LogP contribution in [-0.4, -0.2) is 15.4 Å². The molecule has 15 heavy (non-hydrogen) atoms. The van der Waals surface area contributed by atoms with Gasteiger partial charge in [0.25, 0.3) is 0 Å². The molecule has 0 fully saturated rings. The van der Waals surface area contributed by atoms with Crippen molar-refractivity contribution in [1.82, 2.24) is 10.2 Å². The van der Waals surface area contributed by atoms with E-state index < -0.39 is 0 Å². The van der Waals surface area contributed by atoms with E-state index in [0.29, 0.717) is 15.3 Å². The predicted molar refractivity (Wildman–Crippen MR) is 63.4 cm³/mol. The molecule has 6 heteroatoms. The zero-order valence-corrected chi connectivity index (χ0v) is 9.72. The van der Waals surface area contributed by atoms with Crippen molar-refractivity contribution in [3.05, 3.63) is 40.4 Å². The summed E-state index contributed by atoms with van der Waals surface area (Å²) in [5.74, 6) is 0. The van der Waals surface area contributed by atoms with Crippen molar-refractivity contribution < 1.29 is 0 Å². The van der Waals surface area contributed by atoms with Crippen LogP contribution in [0.25, 0.3) is 0 Å². The first-order valence-corrected chi connectivity index (χ1v) is 5.65. The van der Waals surface area contributed by atoms with Gasteiger partial charge >= 0.3 is 0 Å². The topological polar surface area (TPSA) is 38.1 Å². The van der Waals surface area contributed by atoms with Gasteiger partial charge < -0.3 is 0 Å². The molecule has 0 amide bonds. The Morgan fingerprint density at radius 2 is 2.00 bits per heavy atom. The van der Waals surface area contributed by atoms with Gasteiger partial charge in [-0.15, -0.1) is 10.2 Å². The summed E-state index contributed by atoms with van der Waals surface area (Å²) in [6, 6.07) is 7.12. The molecule has 0 atom stereocenters. The number of hydrogen-bond acceptors (Lipinski definition) is 4. The molecular weight excluding hydrogens is 253 g/mol. The highest BCUT2D eigenvalue weighted by molar-refractivity contribution is 7.13. The minimum atomic E-state index is 0.378. The molecule has 1 aromatic carbocycles. The van der Waals surface area contributed by atoms with Gasteiger partial charge in [-0.1, -0.05) is 46.7 Å². The van der Waals surface area contributed by atoms with Crippen LogP contribution in [0.15, 0.2) is 34.8 Å². The summed E-state index contributed by atoms with van der Waals surface area (Å²) in [6.07, 6.45) is 0. The van der Waals surface area contributed by atoms with Crippen molar-refractivity contribution in [2.75, 3.05) is 0 Å². The Bertz CT molecular complexity index is 465. The Morgan fingerprint density at radius 3 is 2.60 bits per heavy atom. The Hall–Kier alpha value is -0.970. The minimum absolute atomic E-state index is 0.378. The fourth-order valence-electron chi connectivity index (χ4n) is 0.952. The molecule has 0 saturated heterocycles. The summed E-state index contributed by atoms with van der Waals surface area (Å²) < 4.78 is 0. The molecule has 1 aromatic heterocycles. The molecule has 0 bridgehead atoms. The highest BCUT2D eigenvalue weighted by atomic mass is 35.5. The normalized spacial score (nSPS) is 11.7. The van der Waals surface area contributed by atoms with Crippen molar-refractivity contribution in [1.29, 1.82) is 0 Å². The van der Waals surface area contributed by atoms with Crippen LogP contribution in [0.2, 0.25) is 5.02 Å². The highest BCUT2D eigenvalue weighted by Gasteiger charge is 2.01. The molecule has 2 aromatic rings. The van der Waals surface area contributed by atoms with Gasteiger partial charge in [-0.25, -0.2) is 4.99 Å². The van der Waals surface area contributed by atoms with Crippen LogP contribution in [-0.2, 0) is 0 Å². The van der Waals surface area contributed by atoms with Gasteiger partial charge in [-0.2, -0.15) is 0 Å². The molecule has 0 saturated carbocycles. The number of aliphatic imine (C=N–C) groups is 1. The van der Waals surface area contributed by atoms with E-state index in [4.69, 9.17) is 23.2 Å².